The summed E-state index contributed by atoms with van der Waals surface area (Å²) in [7, 11) is 0. The Balaban J connectivity index is 2.25. The van der Waals surface area contributed by atoms with Gasteiger partial charge >= 0.3 is 0 Å². The topological polar surface area (TPSA) is 106 Å². The molecule has 7 nitrogen and oxygen atoms in total. The third kappa shape index (κ3) is 5.55. The molecule has 7 heteroatoms. The van der Waals surface area contributed by atoms with Crippen LogP contribution in [-0.2, 0) is 0 Å². The minimum Gasteiger partial charge on any atom is -0.369 e. The lowest BCUT2D eigenvalue weighted by molar-refractivity contribution is -0.385. The summed E-state index contributed by atoms with van der Waals surface area (Å²) >= 11 is 0. The van der Waals surface area contributed by atoms with Crippen molar-refractivity contribution in [3.63, 3.8) is 0 Å². The van der Waals surface area contributed by atoms with Gasteiger partial charge in [-0.1, -0.05) is 0 Å². The fourth-order valence-electron chi connectivity index (χ4n) is 1.29. The SMILES string of the molecule is CC(C)(N)CNCCNc1ccc([N+](=O)[O-])cn1. The first-order valence-corrected chi connectivity index (χ1v) is 5.72. The van der Waals surface area contributed by atoms with Crippen molar-refractivity contribution in [3.05, 3.63) is 28.4 Å². The van der Waals surface area contributed by atoms with Gasteiger partial charge in [0.2, 0.25) is 0 Å². The van der Waals surface area contributed by atoms with Crippen LogP contribution in [0, 0.1) is 10.1 Å². The molecule has 1 heterocycles. The van der Waals surface area contributed by atoms with Gasteiger partial charge in [-0.15, -0.1) is 0 Å². The van der Waals surface area contributed by atoms with Crippen LogP contribution in [0.25, 0.3) is 0 Å². The third-order valence-corrected chi connectivity index (χ3v) is 2.15. The summed E-state index contributed by atoms with van der Waals surface area (Å²) in [4.78, 5) is 13.9. The van der Waals surface area contributed by atoms with Crippen LogP contribution in [0.4, 0.5) is 11.5 Å². The second kappa shape index (κ2) is 6.27. The molecule has 0 aliphatic rings. The summed E-state index contributed by atoms with van der Waals surface area (Å²) in [6.07, 6.45) is 1.23. The predicted octanol–water partition coefficient (Wildman–Crippen LogP) is 0.729. The second-order valence-electron chi connectivity index (χ2n) is 4.75. The predicted molar refractivity (Wildman–Crippen MR) is 70.5 cm³/mol. The van der Waals surface area contributed by atoms with E-state index in [-0.39, 0.29) is 11.2 Å². The summed E-state index contributed by atoms with van der Waals surface area (Å²) in [5, 5.41) is 16.7. The number of nitrogens with one attached hydrogen (secondary N) is 2. The smallest absolute Gasteiger partial charge is 0.287 e. The average Bonchev–Trinajstić information content (AvgIpc) is 2.27. The van der Waals surface area contributed by atoms with E-state index < -0.39 is 4.92 Å². The lowest BCUT2D eigenvalue weighted by Crippen LogP contribution is -2.44. The lowest BCUT2D eigenvalue weighted by atomic mass is 10.1. The van der Waals surface area contributed by atoms with E-state index in [1.807, 2.05) is 13.8 Å². The van der Waals surface area contributed by atoms with Gasteiger partial charge in [-0.2, -0.15) is 0 Å². The molecule has 0 unspecified atom stereocenters. The summed E-state index contributed by atoms with van der Waals surface area (Å²) in [5.74, 6) is 0.620. The molecule has 0 fully saturated rings. The van der Waals surface area contributed by atoms with Crippen LogP contribution in [0.5, 0.6) is 0 Å². The number of nitro groups is 1. The average molecular weight is 253 g/mol. The Labute approximate surface area is 106 Å². The van der Waals surface area contributed by atoms with E-state index in [1.165, 1.54) is 12.3 Å². The molecule has 0 spiro atoms. The molecule has 0 amide bonds. The Morgan fingerprint density at radius 1 is 1.44 bits per heavy atom. The minimum absolute atomic E-state index is 0.0106. The van der Waals surface area contributed by atoms with E-state index in [9.17, 15) is 10.1 Å². The summed E-state index contributed by atoms with van der Waals surface area (Å²) in [6.45, 7) is 6.05. The van der Waals surface area contributed by atoms with E-state index in [4.69, 9.17) is 5.73 Å². The van der Waals surface area contributed by atoms with Crippen LogP contribution in [0.2, 0.25) is 0 Å². The molecule has 0 aliphatic heterocycles. The molecule has 0 saturated carbocycles. The highest BCUT2D eigenvalue weighted by Gasteiger charge is 2.08. The Kier molecular flexibility index (Phi) is 4.99. The van der Waals surface area contributed by atoms with Crippen molar-refractivity contribution in [2.45, 2.75) is 19.4 Å². The molecule has 4 N–H and O–H groups in total. The molecule has 0 aliphatic carbocycles. The summed E-state index contributed by atoms with van der Waals surface area (Å²) in [6, 6.07) is 3.01. The van der Waals surface area contributed by atoms with Crippen molar-refractivity contribution in [1.29, 1.82) is 0 Å². The van der Waals surface area contributed by atoms with Gasteiger partial charge in [0.05, 0.1) is 4.92 Å². The highest BCUT2D eigenvalue weighted by atomic mass is 16.6. The van der Waals surface area contributed by atoms with E-state index in [0.29, 0.717) is 12.4 Å². The fourth-order valence-corrected chi connectivity index (χ4v) is 1.29. The van der Waals surface area contributed by atoms with Crippen LogP contribution in [0.3, 0.4) is 0 Å². The largest absolute Gasteiger partial charge is 0.369 e. The van der Waals surface area contributed by atoms with Crippen LogP contribution in [-0.4, -0.2) is 35.1 Å². The first-order valence-electron chi connectivity index (χ1n) is 5.72. The molecule has 0 bridgehead atoms. The maximum Gasteiger partial charge on any atom is 0.287 e. The van der Waals surface area contributed by atoms with Gasteiger partial charge in [-0.3, -0.25) is 10.1 Å². The Morgan fingerprint density at radius 2 is 2.17 bits per heavy atom. The molecular formula is C11H19N5O2. The van der Waals surface area contributed by atoms with Gasteiger partial charge in [0.25, 0.3) is 5.69 Å². The first kappa shape index (κ1) is 14.3. The molecule has 18 heavy (non-hydrogen) atoms. The van der Waals surface area contributed by atoms with E-state index in [1.54, 1.807) is 6.07 Å². The zero-order valence-electron chi connectivity index (χ0n) is 10.6. The molecule has 1 rings (SSSR count). The van der Waals surface area contributed by atoms with E-state index in [2.05, 4.69) is 15.6 Å². The van der Waals surface area contributed by atoms with Gasteiger partial charge in [-0.05, 0) is 19.9 Å². The highest BCUT2D eigenvalue weighted by Crippen LogP contribution is 2.11. The minimum atomic E-state index is -0.471. The zero-order valence-corrected chi connectivity index (χ0v) is 10.6. The van der Waals surface area contributed by atoms with Crippen LogP contribution < -0.4 is 16.4 Å². The number of nitrogens with zero attached hydrogens (tertiary/aromatic N) is 2. The Bertz CT molecular complexity index is 385. The van der Waals surface area contributed by atoms with Crippen molar-refractivity contribution >= 4 is 11.5 Å². The maximum absolute atomic E-state index is 10.4. The maximum atomic E-state index is 10.4. The van der Waals surface area contributed by atoms with Crippen molar-refractivity contribution in [3.8, 4) is 0 Å². The molecule has 0 aromatic carbocycles. The third-order valence-electron chi connectivity index (χ3n) is 2.15. The number of hydrogen-bond acceptors (Lipinski definition) is 6. The van der Waals surface area contributed by atoms with Gasteiger partial charge in [0.15, 0.2) is 0 Å². The Hall–Kier alpha value is -1.73. The molecule has 1 aromatic heterocycles. The van der Waals surface area contributed by atoms with Crippen molar-refractivity contribution in [2.75, 3.05) is 25.0 Å². The molecule has 1 aromatic rings. The summed E-state index contributed by atoms with van der Waals surface area (Å²) in [5.41, 5.74) is 5.57. The van der Waals surface area contributed by atoms with Gasteiger partial charge in [-0.25, -0.2) is 4.98 Å². The van der Waals surface area contributed by atoms with E-state index >= 15 is 0 Å². The number of rotatable bonds is 7. The molecule has 0 atom stereocenters. The highest BCUT2D eigenvalue weighted by molar-refractivity contribution is 5.39. The number of nitrogens with two attached hydrogens (primary N) is 1. The number of anilines is 1. The zero-order chi connectivity index (χ0) is 13.6. The normalized spacial score (nSPS) is 11.3. The van der Waals surface area contributed by atoms with Crippen LogP contribution in [0.15, 0.2) is 18.3 Å². The Morgan fingerprint density at radius 3 is 2.67 bits per heavy atom. The van der Waals surface area contributed by atoms with Crippen LogP contribution >= 0.6 is 0 Å². The monoisotopic (exact) mass is 253 g/mol. The standard InChI is InChI=1S/C11H19N5O2/c1-11(2,12)8-13-5-6-14-10-4-3-9(7-15-10)16(17)18/h3-4,7,13H,5-6,8,12H2,1-2H3,(H,14,15). The number of hydrogen-bond donors (Lipinski definition) is 3. The van der Waals surface area contributed by atoms with Crippen molar-refractivity contribution < 1.29 is 4.92 Å². The van der Waals surface area contributed by atoms with Gasteiger partial charge < -0.3 is 16.4 Å². The van der Waals surface area contributed by atoms with Crippen LogP contribution in [0.1, 0.15) is 13.8 Å². The van der Waals surface area contributed by atoms with E-state index in [0.717, 1.165) is 13.1 Å². The first-order chi connectivity index (χ1) is 8.38. The number of pyridine rings is 1. The summed E-state index contributed by atoms with van der Waals surface area (Å²) < 4.78 is 0. The molecule has 0 radical (unpaired) electrons. The van der Waals surface area contributed by atoms with Gasteiger partial charge in [0.1, 0.15) is 12.0 Å². The molecular weight excluding hydrogens is 234 g/mol. The lowest BCUT2D eigenvalue weighted by Gasteiger charge is -2.19. The number of aromatic nitrogens is 1. The van der Waals surface area contributed by atoms with Crippen molar-refractivity contribution in [2.24, 2.45) is 5.73 Å². The second-order valence-corrected chi connectivity index (χ2v) is 4.75. The molecule has 100 valence electrons. The van der Waals surface area contributed by atoms with Crippen molar-refractivity contribution in [1.82, 2.24) is 10.3 Å². The molecule has 0 saturated heterocycles. The van der Waals surface area contributed by atoms with Gasteiger partial charge in [0, 0.05) is 31.2 Å². The quantitative estimate of drug-likeness (QED) is 0.376. The fraction of sp³-hybridized carbons (Fsp3) is 0.545.